The van der Waals surface area contributed by atoms with Crippen molar-refractivity contribution >= 4 is 28.8 Å². The van der Waals surface area contributed by atoms with E-state index in [1.165, 1.54) is 0 Å². The van der Waals surface area contributed by atoms with E-state index < -0.39 is 0 Å². The van der Waals surface area contributed by atoms with Crippen LogP contribution in [0.25, 0.3) is 0 Å². The van der Waals surface area contributed by atoms with Crippen LogP contribution in [-0.2, 0) is 11.2 Å². The Balaban J connectivity index is 1.74. The maximum Gasteiger partial charge on any atom is 0.251 e. The summed E-state index contributed by atoms with van der Waals surface area (Å²) in [6, 6.07) is 5.12. The van der Waals surface area contributed by atoms with E-state index in [2.05, 4.69) is 15.6 Å². The van der Waals surface area contributed by atoms with Gasteiger partial charge in [-0.15, -0.1) is 11.3 Å². The molecule has 0 aliphatic carbocycles. The van der Waals surface area contributed by atoms with Gasteiger partial charge in [-0.1, -0.05) is 0 Å². The van der Waals surface area contributed by atoms with Crippen molar-refractivity contribution in [3.63, 3.8) is 0 Å². The van der Waals surface area contributed by atoms with E-state index in [1.54, 1.807) is 35.7 Å². The van der Waals surface area contributed by atoms with Crippen molar-refractivity contribution in [1.82, 2.24) is 10.3 Å². The number of benzene rings is 1. The molecule has 1 aliphatic heterocycles. The van der Waals surface area contributed by atoms with Crippen molar-refractivity contribution in [2.24, 2.45) is 0 Å². The Morgan fingerprint density at radius 2 is 2.29 bits per heavy atom. The van der Waals surface area contributed by atoms with Crippen molar-refractivity contribution in [2.75, 3.05) is 5.32 Å². The SMILES string of the molecule is Cc1cnc(C(C)NC(=O)c2ccc3c(c2)CC(=O)N3)s1. The highest BCUT2D eigenvalue weighted by atomic mass is 32.1. The summed E-state index contributed by atoms with van der Waals surface area (Å²) in [5.41, 5.74) is 2.22. The second-order valence-corrected chi connectivity index (χ2v) is 6.37. The lowest BCUT2D eigenvalue weighted by molar-refractivity contribution is -0.115. The van der Waals surface area contributed by atoms with E-state index in [4.69, 9.17) is 0 Å². The first-order chi connectivity index (χ1) is 10.0. The summed E-state index contributed by atoms with van der Waals surface area (Å²) in [5, 5.41) is 6.57. The largest absolute Gasteiger partial charge is 0.343 e. The number of carbonyl (C=O) groups excluding carboxylic acids is 2. The first-order valence-corrected chi connectivity index (χ1v) is 7.50. The van der Waals surface area contributed by atoms with Crippen LogP contribution in [0.3, 0.4) is 0 Å². The number of anilines is 1. The lowest BCUT2D eigenvalue weighted by Crippen LogP contribution is -2.26. The Hall–Kier alpha value is -2.21. The predicted octanol–water partition coefficient (Wildman–Crippen LogP) is 2.44. The quantitative estimate of drug-likeness (QED) is 0.914. The summed E-state index contributed by atoms with van der Waals surface area (Å²) in [7, 11) is 0. The van der Waals surface area contributed by atoms with Gasteiger partial charge < -0.3 is 10.6 Å². The highest BCUT2D eigenvalue weighted by Gasteiger charge is 2.20. The third kappa shape index (κ3) is 2.80. The first kappa shape index (κ1) is 13.8. The topological polar surface area (TPSA) is 71.1 Å². The maximum absolute atomic E-state index is 12.3. The Kier molecular flexibility index (Phi) is 3.47. The minimum absolute atomic E-state index is 0.0332. The Morgan fingerprint density at radius 1 is 1.48 bits per heavy atom. The number of amides is 2. The number of nitrogens with one attached hydrogen (secondary N) is 2. The van der Waals surface area contributed by atoms with Crippen LogP contribution in [0.4, 0.5) is 5.69 Å². The van der Waals surface area contributed by atoms with Gasteiger partial charge in [0, 0.05) is 22.3 Å². The molecule has 2 amide bonds. The smallest absolute Gasteiger partial charge is 0.251 e. The number of fused-ring (bicyclic) bond motifs is 1. The van der Waals surface area contributed by atoms with Gasteiger partial charge in [-0.3, -0.25) is 9.59 Å². The second kappa shape index (κ2) is 5.29. The fraction of sp³-hybridized carbons (Fsp3) is 0.267. The van der Waals surface area contributed by atoms with Gasteiger partial charge in [-0.2, -0.15) is 0 Å². The number of carbonyl (C=O) groups is 2. The molecule has 0 saturated carbocycles. The first-order valence-electron chi connectivity index (χ1n) is 6.69. The second-order valence-electron chi connectivity index (χ2n) is 5.10. The molecular formula is C15H15N3O2S. The summed E-state index contributed by atoms with van der Waals surface area (Å²) in [4.78, 5) is 29.0. The van der Waals surface area contributed by atoms with Crippen LogP contribution in [0.1, 0.15) is 38.8 Å². The van der Waals surface area contributed by atoms with Crippen LogP contribution in [-0.4, -0.2) is 16.8 Å². The lowest BCUT2D eigenvalue weighted by Gasteiger charge is -2.11. The van der Waals surface area contributed by atoms with Crippen molar-refractivity contribution in [3.05, 3.63) is 45.4 Å². The zero-order valence-electron chi connectivity index (χ0n) is 11.8. The molecule has 1 aliphatic rings. The van der Waals surface area contributed by atoms with Gasteiger partial charge in [-0.25, -0.2) is 4.98 Å². The molecule has 6 heteroatoms. The van der Waals surface area contributed by atoms with Crippen LogP contribution in [0, 0.1) is 6.92 Å². The average molecular weight is 301 g/mol. The number of aryl methyl sites for hydroxylation is 1. The third-order valence-electron chi connectivity index (χ3n) is 3.35. The monoisotopic (exact) mass is 301 g/mol. The Morgan fingerprint density at radius 3 is 3.00 bits per heavy atom. The highest BCUT2D eigenvalue weighted by molar-refractivity contribution is 7.11. The van der Waals surface area contributed by atoms with Crippen LogP contribution in [0.15, 0.2) is 24.4 Å². The lowest BCUT2D eigenvalue weighted by atomic mass is 10.1. The zero-order chi connectivity index (χ0) is 15.0. The van der Waals surface area contributed by atoms with Gasteiger partial charge >= 0.3 is 0 Å². The van der Waals surface area contributed by atoms with Crippen LogP contribution < -0.4 is 10.6 Å². The number of aromatic nitrogens is 1. The molecule has 0 fully saturated rings. The summed E-state index contributed by atoms with van der Waals surface area (Å²) in [6.45, 7) is 3.90. The van der Waals surface area contributed by atoms with Crippen molar-refractivity contribution in [2.45, 2.75) is 26.3 Å². The molecule has 2 heterocycles. The van der Waals surface area contributed by atoms with Gasteiger partial charge in [0.15, 0.2) is 0 Å². The van der Waals surface area contributed by atoms with Gasteiger partial charge in [0.25, 0.3) is 5.91 Å². The molecule has 0 bridgehead atoms. The molecule has 5 nitrogen and oxygen atoms in total. The fourth-order valence-electron chi connectivity index (χ4n) is 2.28. The minimum atomic E-state index is -0.155. The van der Waals surface area contributed by atoms with Gasteiger partial charge in [0.1, 0.15) is 5.01 Å². The predicted molar refractivity (Wildman–Crippen MR) is 81.5 cm³/mol. The molecule has 3 rings (SSSR count). The zero-order valence-corrected chi connectivity index (χ0v) is 12.6. The molecule has 0 radical (unpaired) electrons. The molecule has 0 spiro atoms. The molecule has 1 unspecified atom stereocenters. The van der Waals surface area contributed by atoms with Gasteiger partial charge in [-0.05, 0) is 37.6 Å². The van der Waals surface area contributed by atoms with E-state index >= 15 is 0 Å². The third-order valence-corrected chi connectivity index (χ3v) is 4.45. The number of nitrogens with zero attached hydrogens (tertiary/aromatic N) is 1. The molecule has 1 atom stereocenters. The molecule has 21 heavy (non-hydrogen) atoms. The molecule has 2 aromatic rings. The Labute approximate surface area is 126 Å². The van der Waals surface area contributed by atoms with Crippen LogP contribution in [0.5, 0.6) is 0 Å². The average Bonchev–Trinajstić information content (AvgIpc) is 3.02. The van der Waals surface area contributed by atoms with E-state index in [9.17, 15) is 9.59 Å². The maximum atomic E-state index is 12.3. The molecular weight excluding hydrogens is 286 g/mol. The van der Waals surface area contributed by atoms with E-state index in [-0.39, 0.29) is 17.9 Å². The standard InChI is InChI=1S/C15H15N3O2S/c1-8-7-16-15(21-8)9(2)17-14(20)10-3-4-12-11(5-10)6-13(19)18-12/h3-5,7,9H,6H2,1-2H3,(H,17,20)(H,18,19). The summed E-state index contributed by atoms with van der Waals surface area (Å²) in [6.07, 6.45) is 2.13. The van der Waals surface area contributed by atoms with Crippen molar-refractivity contribution in [1.29, 1.82) is 0 Å². The highest BCUT2D eigenvalue weighted by Crippen LogP contribution is 2.24. The van der Waals surface area contributed by atoms with Crippen LogP contribution in [0.2, 0.25) is 0 Å². The molecule has 108 valence electrons. The number of thiazole rings is 1. The van der Waals surface area contributed by atoms with E-state index in [1.807, 2.05) is 13.8 Å². The number of hydrogen-bond donors (Lipinski definition) is 2. The Bertz CT molecular complexity index is 723. The van der Waals surface area contributed by atoms with Gasteiger partial charge in [0.2, 0.25) is 5.91 Å². The summed E-state index contributed by atoms with van der Waals surface area (Å²) in [5.74, 6) is -0.188. The van der Waals surface area contributed by atoms with Crippen molar-refractivity contribution in [3.8, 4) is 0 Å². The summed E-state index contributed by atoms with van der Waals surface area (Å²) < 4.78 is 0. The fourth-order valence-corrected chi connectivity index (χ4v) is 3.06. The van der Waals surface area contributed by atoms with Gasteiger partial charge in [0.05, 0.1) is 12.5 Å². The van der Waals surface area contributed by atoms with Crippen LogP contribution >= 0.6 is 11.3 Å². The molecule has 2 N–H and O–H groups in total. The number of rotatable bonds is 3. The summed E-state index contributed by atoms with van der Waals surface area (Å²) >= 11 is 1.57. The molecule has 1 aromatic heterocycles. The number of hydrogen-bond acceptors (Lipinski definition) is 4. The van der Waals surface area contributed by atoms with Crippen molar-refractivity contribution < 1.29 is 9.59 Å². The normalized spacial score (nSPS) is 14.5. The molecule has 0 saturated heterocycles. The van der Waals surface area contributed by atoms with E-state index in [0.717, 1.165) is 21.1 Å². The van der Waals surface area contributed by atoms with E-state index in [0.29, 0.717) is 12.0 Å². The molecule has 1 aromatic carbocycles. The minimum Gasteiger partial charge on any atom is -0.343 e.